The highest BCUT2D eigenvalue weighted by Crippen LogP contribution is 2.29. The summed E-state index contributed by atoms with van der Waals surface area (Å²) in [6.07, 6.45) is 4.52. The molecule has 0 spiro atoms. The van der Waals surface area contributed by atoms with E-state index in [1.54, 1.807) is 18.3 Å². The van der Waals surface area contributed by atoms with Crippen LogP contribution in [0.15, 0.2) is 48.8 Å². The summed E-state index contributed by atoms with van der Waals surface area (Å²) in [7, 11) is 0. The van der Waals surface area contributed by atoms with Crippen molar-refractivity contribution >= 4 is 17.4 Å². The van der Waals surface area contributed by atoms with E-state index in [0.717, 1.165) is 43.8 Å². The topological polar surface area (TPSA) is 84.1 Å². The van der Waals surface area contributed by atoms with E-state index in [4.69, 9.17) is 5.73 Å². The van der Waals surface area contributed by atoms with Gasteiger partial charge in [0, 0.05) is 31.5 Å². The van der Waals surface area contributed by atoms with Crippen molar-refractivity contribution in [3.8, 4) is 11.3 Å². The number of aromatic nitrogens is 2. The maximum absolute atomic E-state index is 15.1. The van der Waals surface area contributed by atoms with Gasteiger partial charge in [-0.3, -0.25) is 9.78 Å². The molecular formula is C22H20F3N5O. The largest absolute Gasteiger partial charge is 0.353 e. The zero-order valence-electron chi connectivity index (χ0n) is 16.5. The lowest BCUT2D eigenvalue weighted by molar-refractivity contribution is 0.102. The standard InChI is InChI=1S/C22H20F3N5O/c23-15-5-1-6-16(24)18(15)20-19(25)14(8-10-27-20)22(31)29-17-7-2-9-28-21(17)30-11-3-4-13(26)12-30/h1-2,5-10,13H,3-4,11-12,26H2,(H,29,31)/t13-/m0/s1. The van der Waals surface area contributed by atoms with Gasteiger partial charge in [-0.15, -0.1) is 0 Å². The molecule has 0 saturated carbocycles. The van der Waals surface area contributed by atoms with Crippen LogP contribution in [0.4, 0.5) is 24.7 Å². The van der Waals surface area contributed by atoms with Crippen LogP contribution in [0.25, 0.3) is 11.3 Å². The third-order valence-corrected chi connectivity index (χ3v) is 5.13. The second-order valence-corrected chi connectivity index (χ2v) is 7.29. The number of carbonyl (C=O) groups is 1. The first-order chi connectivity index (χ1) is 15.0. The summed E-state index contributed by atoms with van der Waals surface area (Å²) in [5.74, 6) is -3.32. The average Bonchev–Trinajstić information content (AvgIpc) is 2.75. The minimum absolute atomic E-state index is 0.00447. The van der Waals surface area contributed by atoms with Gasteiger partial charge in [-0.1, -0.05) is 6.07 Å². The number of nitrogens with zero attached hydrogens (tertiary/aromatic N) is 3. The Morgan fingerprint density at radius 2 is 1.84 bits per heavy atom. The molecule has 31 heavy (non-hydrogen) atoms. The van der Waals surface area contributed by atoms with E-state index in [1.807, 2.05) is 4.90 Å². The van der Waals surface area contributed by atoms with E-state index in [1.165, 1.54) is 6.07 Å². The Labute approximate surface area is 176 Å². The quantitative estimate of drug-likeness (QED) is 0.663. The number of nitrogens with one attached hydrogen (secondary N) is 1. The summed E-state index contributed by atoms with van der Waals surface area (Å²) >= 11 is 0. The van der Waals surface area contributed by atoms with Crippen LogP contribution in [0, 0.1) is 17.5 Å². The maximum atomic E-state index is 15.1. The smallest absolute Gasteiger partial charge is 0.258 e. The third-order valence-electron chi connectivity index (χ3n) is 5.13. The molecule has 0 bridgehead atoms. The highest BCUT2D eigenvalue weighted by Gasteiger charge is 2.24. The van der Waals surface area contributed by atoms with Crippen LogP contribution in [0.1, 0.15) is 23.2 Å². The van der Waals surface area contributed by atoms with Gasteiger partial charge in [-0.2, -0.15) is 0 Å². The first kappa shape index (κ1) is 20.8. The number of carbonyl (C=O) groups excluding carboxylic acids is 1. The molecule has 6 nitrogen and oxygen atoms in total. The summed E-state index contributed by atoms with van der Waals surface area (Å²) in [6.45, 7) is 1.31. The Kier molecular flexibility index (Phi) is 5.85. The van der Waals surface area contributed by atoms with Crippen molar-refractivity contribution in [2.24, 2.45) is 5.73 Å². The van der Waals surface area contributed by atoms with Gasteiger partial charge in [0.25, 0.3) is 5.91 Å². The van der Waals surface area contributed by atoms with Gasteiger partial charge < -0.3 is 16.0 Å². The Morgan fingerprint density at radius 3 is 2.58 bits per heavy atom. The van der Waals surface area contributed by atoms with Gasteiger partial charge in [0.2, 0.25) is 0 Å². The predicted molar refractivity (Wildman–Crippen MR) is 111 cm³/mol. The molecule has 1 amide bonds. The van der Waals surface area contributed by atoms with Crippen molar-refractivity contribution < 1.29 is 18.0 Å². The number of piperidine rings is 1. The van der Waals surface area contributed by atoms with Crippen molar-refractivity contribution in [3.05, 3.63) is 71.8 Å². The Hall–Kier alpha value is -3.46. The molecule has 160 valence electrons. The van der Waals surface area contributed by atoms with Crippen molar-refractivity contribution in [2.75, 3.05) is 23.3 Å². The predicted octanol–water partition coefficient (Wildman–Crippen LogP) is 3.74. The molecule has 1 aliphatic heterocycles. The van der Waals surface area contributed by atoms with Crippen LogP contribution in [0.2, 0.25) is 0 Å². The SMILES string of the molecule is N[C@H]1CCCN(c2ncccc2NC(=O)c2ccnc(-c3c(F)cccc3F)c2F)C1. The Bertz CT molecular complexity index is 1100. The molecule has 3 heterocycles. The van der Waals surface area contributed by atoms with E-state index in [2.05, 4.69) is 15.3 Å². The summed E-state index contributed by atoms with van der Waals surface area (Å²) < 4.78 is 43.3. The number of anilines is 2. The molecule has 0 aliphatic carbocycles. The third kappa shape index (κ3) is 4.22. The number of nitrogens with two attached hydrogens (primary N) is 1. The molecule has 2 aromatic heterocycles. The minimum atomic E-state index is -1.12. The van der Waals surface area contributed by atoms with Gasteiger partial charge in [-0.25, -0.2) is 18.2 Å². The van der Waals surface area contributed by atoms with Crippen LogP contribution >= 0.6 is 0 Å². The van der Waals surface area contributed by atoms with Crippen LogP contribution in [0.5, 0.6) is 0 Å². The fraction of sp³-hybridized carbons (Fsp3) is 0.227. The fourth-order valence-electron chi connectivity index (χ4n) is 3.66. The lowest BCUT2D eigenvalue weighted by atomic mass is 10.1. The van der Waals surface area contributed by atoms with Gasteiger partial charge >= 0.3 is 0 Å². The zero-order chi connectivity index (χ0) is 22.0. The second-order valence-electron chi connectivity index (χ2n) is 7.29. The number of halogens is 3. The summed E-state index contributed by atoms with van der Waals surface area (Å²) in [4.78, 5) is 22.9. The molecule has 1 saturated heterocycles. The second kappa shape index (κ2) is 8.73. The number of hydrogen-bond acceptors (Lipinski definition) is 5. The molecule has 3 N–H and O–H groups in total. The zero-order valence-corrected chi connectivity index (χ0v) is 16.5. The fourth-order valence-corrected chi connectivity index (χ4v) is 3.66. The maximum Gasteiger partial charge on any atom is 0.258 e. The van der Waals surface area contributed by atoms with E-state index >= 15 is 4.39 Å². The van der Waals surface area contributed by atoms with Crippen LogP contribution in [-0.4, -0.2) is 35.0 Å². The van der Waals surface area contributed by atoms with Crippen LogP contribution in [0.3, 0.4) is 0 Å². The number of hydrogen-bond donors (Lipinski definition) is 2. The van der Waals surface area contributed by atoms with E-state index < -0.39 is 40.2 Å². The lowest BCUT2D eigenvalue weighted by Gasteiger charge is -2.32. The normalized spacial score (nSPS) is 16.3. The molecule has 1 aromatic carbocycles. The highest BCUT2D eigenvalue weighted by atomic mass is 19.1. The number of rotatable bonds is 4. The van der Waals surface area contributed by atoms with Gasteiger partial charge in [0.15, 0.2) is 11.6 Å². The molecular weight excluding hydrogens is 407 g/mol. The first-order valence-corrected chi connectivity index (χ1v) is 9.81. The van der Waals surface area contributed by atoms with Gasteiger partial charge in [0.1, 0.15) is 17.3 Å². The van der Waals surface area contributed by atoms with E-state index in [0.29, 0.717) is 18.1 Å². The Balaban J connectivity index is 1.65. The van der Waals surface area contributed by atoms with Crippen molar-refractivity contribution in [3.63, 3.8) is 0 Å². The highest BCUT2D eigenvalue weighted by molar-refractivity contribution is 6.06. The minimum Gasteiger partial charge on any atom is -0.353 e. The molecule has 9 heteroatoms. The van der Waals surface area contributed by atoms with E-state index in [9.17, 15) is 13.6 Å². The summed E-state index contributed by atoms with van der Waals surface area (Å²) in [5.41, 5.74) is 4.84. The van der Waals surface area contributed by atoms with Crippen molar-refractivity contribution in [2.45, 2.75) is 18.9 Å². The van der Waals surface area contributed by atoms with Gasteiger partial charge in [0.05, 0.1) is 16.8 Å². The molecule has 0 unspecified atom stereocenters. The molecule has 3 aromatic rings. The molecule has 4 rings (SSSR count). The van der Waals surface area contributed by atoms with E-state index in [-0.39, 0.29) is 6.04 Å². The lowest BCUT2D eigenvalue weighted by Crippen LogP contribution is -2.43. The van der Waals surface area contributed by atoms with Gasteiger partial charge in [-0.05, 0) is 43.2 Å². The molecule has 1 aliphatic rings. The molecule has 1 atom stereocenters. The number of amides is 1. The molecule has 0 radical (unpaired) electrons. The number of benzene rings is 1. The van der Waals surface area contributed by atoms with Crippen LogP contribution in [-0.2, 0) is 0 Å². The van der Waals surface area contributed by atoms with Crippen molar-refractivity contribution in [1.29, 1.82) is 0 Å². The Morgan fingerprint density at radius 1 is 1.06 bits per heavy atom. The monoisotopic (exact) mass is 427 g/mol. The van der Waals surface area contributed by atoms with Crippen molar-refractivity contribution in [1.82, 2.24) is 9.97 Å². The summed E-state index contributed by atoms with van der Waals surface area (Å²) in [6, 6.07) is 7.60. The molecule has 1 fully saturated rings. The average molecular weight is 427 g/mol. The first-order valence-electron chi connectivity index (χ1n) is 9.81. The van der Waals surface area contributed by atoms with Crippen LogP contribution < -0.4 is 16.0 Å². The number of pyridine rings is 2. The summed E-state index contributed by atoms with van der Waals surface area (Å²) in [5, 5.41) is 2.65.